The molecular formula is C23H24FN5O3S. The molecule has 0 bridgehead atoms. The van der Waals surface area contributed by atoms with Crippen molar-refractivity contribution in [3.63, 3.8) is 0 Å². The van der Waals surface area contributed by atoms with Crippen LogP contribution in [0.1, 0.15) is 28.6 Å². The second-order valence-corrected chi connectivity index (χ2v) is 9.52. The van der Waals surface area contributed by atoms with Crippen molar-refractivity contribution < 1.29 is 19.1 Å². The summed E-state index contributed by atoms with van der Waals surface area (Å²) in [6, 6.07) is 3.80. The predicted molar refractivity (Wildman–Crippen MR) is 121 cm³/mol. The number of thiazole rings is 1. The van der Waals surface area contributed by atoms with Crippen LogP contribution >= 0.6 is 11.3 Å². The monoisotopic (exact) mass is 469 g/mol. The van der Waals surface area contributed by atoms with Gasteiger partial charge in [-0.2, -0.15) is 0 Å². The first kappa shape index (κ1) is 21.7. The maximum absolute atomic E-state index is 14.4. The Morgan fingerprint density at radius 2 is 2.24 bits per heavy atom. The summed E-state index contributed by atoms with van der Waals surface area (Å²) in [5.74, 6) is -0.655. The highest BCUT2D eigenvalue weighted by atomic mass is 32.1. The number of likely N-dealkylation sites (tertiary alicyclic amines) is 1. The molecule has 0 aliphatic carbocycles. The third-order valence-corrected chi connectivity index (χ3v) is 7.45. The molecule has 1 aromatic carbocycles. The summed E-state index contributed by atoms with van der Waals surface area (Å²) in [5, 5.41) is 18.8. The van der Waals surface area contributed by atoms with Crippen LogP contribution in [0, 0.1) is 24.6 Å². The Labute approximate surface area is 194 Å². The zero-order chi connectivity index (χ0) is 23.1. The molecule has 1 aromatic heterocycles. The number of aliphatic carboxylic acids is 1. The quantitative estimate of drug-likeness (QED) is 0.619. The fourth-order valence-electron chi connectivity index (χ4n) is 4.96. The maximum Gasteiger partial charge on any atom is 0.335 e. The summed E-state index contributed by atoms with van der Waals surface area (Å²) in [4.78, 5) is 35.6. The van der Waals surface area contributed by atoms with Crippen molar-refractivity contribution in [2.75, 3.05) is 26.2 Å². The summed E-state index contributed by atoms with van der Waals surface area (Å²) in [5.41, 5.74) is 1.52. The van der Waals surface area contributed by atoms with Crippen molar-refractivity contribution in [3.05, 3.63) is 63.0 Å². The molecule has 5 rings (SSSR count). The van der Waals surface area contributed by atoms with Crippen molar-refractivity contribution in [1.29, 1.82) is 0 Å². The van der Waals surface area contributed by atoms with Gasteiger partial charge in [-0.3, -0.25) is 14.7 Å². The van der Waals surface area contributed by atoms with E-state index in [0.717, 1.165) is 6.42 Å². The zero-order valence-electron chi connectivity index (χ0n) is 18.0. The Morgan fingerprint density at radius 1 is 1.39 bits per heavy atom. The lowest BCUT2D eigenvalue weighted by Crippen LogP contribution is -2.45. The van der Waals surface area contributed by atoms with Crippen LogP contribution in [0.4, 0.5) is 4.39 Å². The number of fused-ring (bicyclic) bond motifs is 1. The average molecular weight is 470 g/mol. The summed E-state index contributed by atoms with van der Waals surface area (Å²) >= 11 is 1.40. The average Bonchev–Trinajstić information content (AvgIpc) is 3.45. The molecule has 3 aliphatic heterocycles. The number of nitrogens with zero attached hydrogens (tertiary/aromatic N) is 3. The van der Waals surface area contributed by atoms with Crippen LogP contribution in [0.5, 0.6) is 0 Å². The normalized spacial score (nSPS) is 25.3. The van der Waals surface area contributed by atoms with E-state index in [9.17, 15) is 19.1 Å². The third kappa shape index (κ3) is 4.04. The number of carboxylic acids is 1. The van der Waals surface area contributed by atoms with Gasteiger partial charge in [0.05, 0.1) is 5.57 Å². The Morgan fingerprint density at radius 3 is 3.00 bits per heavy atom. The molecule has 33 heavy (non-hydrogen) atoms. The number of hydrogen-bond donors (Lipinski definition) is 3. The minimum atomic E-state index is -1.10. The van der Waals surface area contributed by atoms with Crippen molar-refractivity contribution >= 4 is 29.0 Å². The Balaban J connectivity index is 1.53. The topological polar surface area (TPSA) is 107 Å². The molecule has 0 spiro atoms. The largest absolute Gasteiger partial charge is 0.478 e. The molecule has 0 saturated carbocycles. The molecule has 3 N–H and O–H groups in total. The van der Waals surface area contributed by atoms with E-state index < -0.39 is 17.8 Å². The van der Waals surface area contributed by atoms with Crippen molar-refractivity contribution in [2.45, 2.75) is 19.4 Å². The van der Waals surface area contributed by atoms with E-state index in [1.807, 2.05) is 5.38 Å². The van der Waals surface area contributed by atoms with Crippen LogP contribution in [0.3, 0.4) is 0 Å². The standard InChI is InChI=1S/C23H24FN5O3S/c1-12-14(3-2-4-16(12)24)19-18(23(31)32)17(27-20(28-19)22-25-6-8-33-22)11-29-7-5-15-13(10-29)9-26-21(15)30/h2-4,6,8,13,15,19H,5,7,9-11H2,1H3,(H,26,30)(H,27,28)(H,31,32)/t13-,15+,19+/m1/s1. The number of piperidine rings is 1. The third-order valence-electron chi connectivity index (χ3n) is 6.67. The molecule has 2 saturated heterocycles. The number of aromatic nitrogens is 1. The lowest BCUT2D eigenvalue weighted by Gasteiger charge is -2.35. The van der Waals surface area contributed by atoms with E-state index in [2.05, 4.69) is 25.5 Å². The minimum Gasteiger partial charge on any atom is -0.478 e. The summed E-state index contributed by atoms with van der Waals surface area (Å²) < 4.78 is 14.4. The lowest BCUT2D eigenvalue weighted by atomic mass is 9.87. The summed E-state index contributed by atoms with van der Waals surface area (Å²) in [6.07, 6.45) is 2.41. The van der Waals surface area contributed by atoms with Gasteiger partial charge in [0.1, 0.15) is 11.9 Å². The van der Waals surface area contributed by atoms with Gasteiger partial charge in [0.25, 0.3) is 0 Å². The molecule has 8 nitrogen and oxygen atoms in total. The molecule has 2 fully saturated rings. The van der Waals surface area contributed by atoms with Crippen LogP contribution in [-0.2, 0) is 9.59 Å². The van der Waals surface area contributed by atoms with Gasteiger partial charge < -0.3 is 15.7 Å². The van der Waals surface area contributed by atoms with Crippen LogP contribution in [0.2, 0.25) is 0 Å². The van der Waals surface area contributed by atoms with Gasteiger partial charge in [-0.15, -0.1) is 11.3 Å². The van der Waals surface area contributed by atoms with E-state index in [1.165, 1.54) is 17.4 Å². The molecule has 3 atom stereocenters. The number of carboxylic acid groups (broad SMARTS) is 1. The number of carbonyl (C=O) groups is 2. The van der Waals surface area contributed by atoms with Gasteiger partial charge in [0.2, 0.25) is 5.91 Å². The minimum absolute atomic E-state index is 0.0311. The van der Waals surface area contributed by atoms with Gasteiger partial charge in [-0.1, -0.05) is 12.1 Å². The molecule has 1 amide bonds. The fraction of sp³-hybridized carbons (Fsp3) is 0.391. The van der Waals surface area contributed by atoms with E-state index in [1.54, 1.807) is 25.3 Å². The number of hydrogen-bond acceptors (Lipinski definition) is 7. The zero-order valence-corrected chi connectivity index (χ0v) is 18.9. The Kier molecular flexibility index (Phi) is 5.71. The number of halogens is 1. The molecule has 4 heterocycles. The molecule has 3 aliphatic rings. The number of aliphatic imine (C=N–C) groups is 1. The highest BCUT2D eigenvalue weighted by Gasteiger charge is 2.40. The van der Waals surface area contributed by atoms with Gasteiger partial charge in [-0.05, 0) is 37.1 Å². The number of carbonyl (C=O) groups excluding carboxylic acids is 1. The Hall–Kier alpha value is -3.11. The molecule has 172 valence electrons. The van der Waals surface area contributed by atoms with E-state index >= 15 is 0 Å². The highest BCUT2D eigenvalue weighted by Crippen LogP contribution is 2.35. The number of amidine groups is 1. The van der Waals surface area contributed by atoms with Gasteiger partial charge in [0, 0.05) is 48.7 Å². The second kappa shape index (κ2) is 8.68. The molecule has 0 radical (unpaired) electrons. The van der Waals surface area contributed by atoms with E-state index in [-0.39, 0.29) is 23.3 Å². The van der Waals surface area contributed by atoms with Crippen molar-refractivity contribution in [3.8, 4) is 0 Å². The van der Waals surface area contributed by atoms with E-state index in [4.69, 9.17) is 0 Å². The number of benzene rings is 1. The SMILES string of the molecule is Cc1c(F)cccc1[C@@H]1N=C(c2nccs2)NC(CN2CC[C@@H]3C(=O)NC[C@@H]3C2)=C1C(=O)O. The van der Waals surface area contributed by atoms with Crippen LogP contribution < -0.4 is 10.6 Å². The van der Waals surface area contributed by atoms with Crippen molar-refractivity contribution in [2.24, 2.45) is 16.8 Å². The summed E-state index contributed by atoms with van der Waals surface area (Å²) in [6.45, 7) is 4.05. The fourth-order valence-corrected chi connectivity index (χ4v) is 5.54. The molecule has 0 unspecified atom stereocenters. The molecule has 2 aromatic rings. The first-order valence-electron chi connectivity index (χ1n) is 10.9. The highest BCUT2D eigenvalue weighted by molar-refractivity contribution is 7.11. The lowest BCUT2D eigenvalue weighted by molar-refractivity contribution is -0.133. The first-order chi connectivity index (χ1) is 15.9. The number of amides is 1. The van der Waals surface area contributed by atoms with Crippen LogP contribution in [-0.4, -0.2) is 58.9 Å². The van der Waals surface area contributed by atoms with Gasteiger partial charge in [0.15, 0.2) is 10.8 Å². The van der Waals surface area contributed by atoms with Crippen molar-refractivity contribution in [1.82, 2.24) is 20.5 Å². The summed E-state index contributed by atoms with van der Waals surface area (Å²) in [7, 11) is 0. The number of nitrogens with one attached hydrogen (secondary N) is 2. The van der Waals surface area contributed by atoms with Crippen LogP contribution in [0.15, 0.2) is 46.0 Å². The van der Waals surface area contributed by atoms with Gasteiger partial charge in [-0.25, -0.2) is 14.2 Å². The molecule has 10 heteroatoms. The smallest absolute Gasteiger partial charge is 0.335 e. The van der Waals surface area contributed by atoms with E-state index in [0.29, 0.717) is 53.8 Å². The Bertz CT molecular complexity index is 1160. The maximum atomic E-state index is 14.4. The number of rotatable bonds is 5. The predicted octanol–water partition coefficient (Wildman–Crippen LogP) is 2.09. The first-order valence-corrected chi connectivity index (χ1v) is 11.8. The van der Waals surface area contributed by atoms with Gasteiger partial charge >= 0.3 is 5.97 Å². The van der Waals surface area contributed by atoms with Crippen LogP contribution in [0.25, 0.3) is 0 Å². The molecular weight excluding hydrogens is 445 g/mol. The second-order valence-electron chi connectivity index (χ2n) is 8.63.